The maximum atomic E-state index is 9.89. The van der Waals surface area contributed by atoms with Crippen LogP contribution >= 0.6 is 18.8 Å². The van der Waals surface area contributed by atoms with Crippen LogP contribution in [0.3, 0.4) is 0 Å². The molecule has 0 aromatic rings. The molecule has 0 aliphatic rings. The SMILES string of the molecule is O=C(O)C(CO)[N-]P.O=C(O)C(CO)[N-]P.[Ca+2]. The Labute approximate surface area is 133 Å². The molecule has 0 fully saturated rings. The minimum Gasteiger partial charge on any atom is -0.628 e. The molecule has 17 heavy (non-hydrogen) atoms. The van der Waals surface area contributed by atoms with Crippen LogP contribution in [-0.2, 0) is 9.59 Å². The standard InChI is InChI=1S/2C3H7NO3P.Ca/c2*5-1-2(4-8)3(6)7;/h2*2,5H,1,8H2,(H,6,7);/q2*-1;+2. The van der Waals surface area contributed by atoms with E-state index in [4.69, 9.17) is 20.4 Å². The van der Waals surface area contributed by atoms with Gasteiger partial charge in [-0.25, -0.2) is 0 Å². The molecule has 4 N–H and O–H groups in total. The Bertz CT molecular complexity index is 193. The fourth-order valence-corrected chi connectivity index (χ4v) is 0.822. The van der Waals surface area contributed by atoms with Crippen molar-refractivity contribution in [1.82, 2.24) is 0 Å². The second-order valence-corrected chi connectivity index (χ2v) is 2.97. The van der Waals surface area contributed by atoms with Gasteiger partial charge >= 0.3 is 37.7 Å². The first-order valence-electron chi connectivity index (χ1n) is 3.91. The van der Waals surface area contributed by atoms with Crippen molar-refractivity contribution in [2.24, 2.45) is 0 Å². The number of aliphatic hydroxyl groups is 2. The quantitative estimate of drug-likeness (QED) is 0.359. The van der Waals surface area contributed by atoms with Crippen LogP contribution in [0.15, 0.2) is 0 Å². The molecule has 11 heteroatoms. The van der Waals surface area contributed by atoms with Crippen LogP contribution in [0.1, 0.15) is 0 Å². The molecule has 0 rings (SSSR count). The van der Waals surface area contributed by atoms with E-state index < -0.39 is 37.2 Å². The molecule has 0 aromatic carbocycles. The predicted molar refractivity (Wildman–Crippen MR) is 68.9 cm³/mol. The summed E-state index contributed by atoms with van der Waals surface area (Å²) in [6, 6.07) is -1.97. The van der Waals surface area contributed by atoms with Crippen LogP contribution in [0, 0.1) is 0 Å². The number of hydrogen-bond donors (Lipinski definition) is 4. The van der Waals surface area contributed by atoms with Crippen LogP contribution in [0.2, 0.25) is 0 Å². The van der Waals surface area contributed by atoms with Crippen LogP contribution in [-0.4, -0.2) is 95.4 Å². The topological polar surface area (TPSA) is 143 Å². The van der Waals surface area contributed by atoms with Gasteiger partial charge < -0.3 is 30.6 Å². The number of rotatable bonds is 6. The third-order valence-electron chi connectivity index (χ3n) is 1.28. The average Bonchev–Trinajstić information content (AvgIpc) is 2.21. The van der Waals surface area contributed by atoms with Crippen molar-refractivity contribution in [3.63, 3.8) is 0 Å². The summed E-state index contributed by atoms with van der Waals surface area (Å²) in [7, 11) is 3.78. The zero-order chi connectivity index (χ0) is 13.1. The number of aliphatic hydroxyl groups excluding tert-OH is 2. The summed E-state index contributed by atoms with van der Waals surface area (Å²) in [5, 5.41) is 39.2. The molecule has 0 amide bonds. The van der Waals surface area contributed by atoms with Gasteiger partial charge in [-0.15, -0.1) is 0 Å². The largest absolute Gasteiger partial charge is 2.00 e. The van der Waals surface area contributed by atoms with E-state index >= 15 is 0 Å². The van der Waals surface area contributed by atoms with E-state index in [-0.39, 0.29) is 37.7 Å². The van der Waals surface area contributed by atoms with E-state index in [1.165, 1.54) is 0 Å². The van der Waals surface area contributed by atoms with Gasteiger partial charge in [-0.2, -0.15) is 0 Å². The minimum absolute atomic E-state index is 0. The zero-order valence-corrected chi connectivity index (χ0v) is 13.4. The zero-order valence-electron chi connectivity index (χ0n) is 8.93. The molecule has 0 bridgehead atoms. The molecule has 0 aromatic heterocycles. The molecule has 4 unspecified atom stereocenters. The van der Waals surface area contributed by atoms with Gasteiger partial charge in [0, 0.05) is 13.2 Å². The van der Waals surface area contributed by atoms with Crippen LogP contribution in [0.4, 0.5) is 0 Å². The molecule has 0 aliphatic carbocycles. The van der Waals surface area contributed by atoms with Crippen molar-refractivity contribution in [3.05, 3.63) is 10.2 Å². The van der Waals surface area contributed by atoms with Crippen LogP contribution in [0.5, 0.6) is 0 Å². The maximum absolute atomic E-state index is 9.89. The van der Waals surface area contributed by atoms with Crippen molar-refractivity contribution in [2.45, 2.75) is 12.1 Å². The van der Waals surface area contributed by atoms with E-state index in [1.54, 1.807) is 0 Å². The molecule has 0 saturated heterocycles. The summed E-state index contributed by atoms with van der Waals surface area (Å²) in [5.74, 6) is -2.22. The van der Waals surface area contributed by atoms with Gasteiger partial charge in [-0.1, -0.05) is 0 Å². The van der Waals surface area contributed by atoms with Gasteiger partial charge in [0.2, 0.25) is 0 Å². The van der Waals surface area contributed by atoms with Gasteiger partial charge in [-0.05, 0) is 12.1 Å². The summed E-state index contributed by atoms with van der Waals surface area (Å²) in [6.45, 7) is -0.891. The van der Waals surface area contributed by atoms with Gasteiger partial charge in [0.25, 0.3) is 11.9 Å². The molecule has 0 spiro atoms. The second kappa shape index (κ2) is 15.0. The van der Waals surface area contributed by atoms with Gasteiger partial charge in [0.05, 0.1) is 0 Å². The number of nitrogens with zero attached hydrogens (tertiary/aromatic N) is 2. The number of hydrogen-bond acceptors (Lipinski definition) is 4. The first kappa shape index (κ1) is 23.0. The van der Waals surface area contributed by atoms with E-state index in [0.717, 1.165) is 0 Å². The third kappa shape index (κ3) is 13.1. The Morgan fingerprint density at radius 3 is 1.18 bits per heavy atom. The van der Waals surface area contributed by atoms with Crippen molar-refractivity contribution in [2.75, 3.05) is 13.2 Å². The van der Waals surface area contributed by atoms with Crippen LogP contribution in [0.25, 0.3) is 10.2 Å². The maximum Gasteiger partial charge on any atom is 2.00 e. The fraction of sp³-hybridized carbons (Fsp3) is 0.667. The van der Waals surface area contributed by atoms with Gasteiger partial charge in [-0.3, -0.25) is 28.4 Å². The summed E-state index contributed by atoms with van der Waals surface area (Å²) in [6.07, 6.45) is 0. The Hall–Kier alpha value is 0.900. The molecule has 0 aliphatic heterocycles. The number of carboxylic acid groups (broad SMARTS) is 2. The van der Waals surface area contributed by atoms with Crippen molar-refractivity contribution in [3.8, 4) is 0 Å². The molecule has 0 radical (unpaired) electrons. The molecule has 0 heterocycles. The number of aliphatic carboxylic acids is 2. The Balaban J connectivity index is -0.000000218. The second-order valence-electron chi connectivity index (χ2n) is 2.37. The van der Waals surface area contributed by atoms with E-state index in [9.17, 15) is 9.59 Å². The summed E-state index contributed by atoms with van der Waals surface area (Å²) in [4.78, 5) is 19.8. The first-order chi connectivity index (χ1) is 7.44. The van der Waals surface area contributed by atoms with E-state index in [2.05, 4.69) is 10.2 Å². The van der Waals surface area contributed by atoms with Gasteiger partial charge in [0.1, 0.15) is 0 Å². The fourth-order valence-electron chi connectivity index (χ4n) is 0.378. The van der Waals surface area contributed by atoms with Crippen molar-refractivity contribution >= 4 is 68.5 Å². The summed E-state index contributed by atoms with van der Waals surface area (Å²) < 4.78 is 0. The summed E-state index contributed by atoms with van der Waals surface area (Å²) >= 11 is 0. The van der Waals surface area contributed by atoms with Gasteiger partial charge in [0.15, 0.2) is 0 Å². The predicted octanol–water partition coefficient (Wildman–Crippen LogP) is -1.19. The molecule has 96 valence electrons. The minimum atomic E-state index is -1.11. The van der Waals surface area contributed by atoms with Crippen molar-refractivity contribution in [1.29, 1.82) is 0 Å². The summed E-state index contributed by atoms with van der Waals surface area (Å²) in [5.41, 5.74) is 0. The Kier molecular flexibility index (Phi) is 20.3. The number of carbonyl (C=O) groups is 2. The van der Waals surface area contributed by atoms with Crippen LogP contribution < -0.4 is 0 Å². The number of carboxylic acids is 2. The molecule has 8 nitrogen and oxygen atoms in total. The first-order valence-corrected chi connectivity index (χ1v) is 4.95. The smallest absolute Gasteiger partial charge is 0.628 e. The van der Waals surface area contributed by atoms with E-state index in [1.807, 2.05) is 18.8 Å². The monoisotopic (exact) mass is 312 g/mol. The third-order valence-corrected chi connectivity index (χ3v) is 2.00. The Morgan fingerprint density at radius 1 is 0.941 bits per heavy atom. The molecule has 4 atom stereocenters. The van der Waals surface area contributed by atoms with E-state index in [0.29, 0.717) is 0 Å². The normalized spacial score (nSPS) is 12.5. The molecular weight excluding hydrogens is 298 g/mol. The van der Waals surface area contributed by atoms with Crippen molar-refractivity contribution < 1.29 is 30.0 Å². The molecular formula is C6H14CaN2O6P2. The average molecular weight is 312 g/mol. The molecule has 0 saturated carbocycles. The Morgan fingerprint density at radius 2 is 1.18 bits per heavy atom.